The van der Waals surface area contributed by atoms with Crippen LogP contribution < -0.4 is 10.6 Å². The average molecular weight is 309 g/mol. The molecule has 2 amide bonds. The van der Waals surface area contributed by atoms with E-state index in [0.717, 1.165) is 5.56 Å². The van der Waals surface area contributed by atoms with E-state index in [1.807, 2.05) is 26.0 Å². The summed E-state index contributed by atoms with van der Waals surface area (Å²) in [6.07, 6.45) is 0. The summed E-state index contributed by atoms with van der Waals surface area (Å²) < 4.78 is 5.09. The first kappa shape index (κ1) is 15.3. The Bertz CT molecular complexity index is 613. The van der Waals surface area contributed by atoms with E-state index in [1.54, 1.807) is 12.1 Å². The van der Waals surface area contributed by atoms with E-state index in [-0.39, 0.29) is 12.6 Å². The third-order valence-electron chi connectivity index (χ3n) is 2.62. The van der Waals surface area contributed by atoms with E-state index in [0.29, 0.717) is 29.2 Å². The Hall–Kier alpha value is -2.08. The normalized spacial score (nSPS) is 10.7. The second-order valence-corrected chi connectivity index (χ2v) is 5.42. The van der Waals surface area contributed by atoms with Crippen molar-refractivity contribution in [3.8, 4) is 11.4 Å². The first-order chi connectivity index (χ1) is 10.0. The molecular weight excluding hydrogens is 292 g/mol. The van der Waals surface area contributed by atoms with Crippen LogP contribution >= 0.6 is 11.6 Å². The second-order valence-electron chi connectivity index (χ2n) is 4.98. The van der Waals surface area contributed by atoms with E-state index in [4.69, 9.17) is 16.1 Å². The smallest absolute Gasteiger partial charge is 0.315 e. The van der Waals surface area contributed by atoms with Crippen LogP contribution in [0.1, 0.15) is 19.7 Å². The highest BCUT2D eigenvalue weighted by molar-refractivity contribution is 6.30. The van der Waals surface area contributed by atoms with Crippen molar-refractivity contribution in [3.05, 3.63) is 35.2 Å². The first-order valence-corrected chi connectivity index (χ1v) is 7.02. The topological polar surface area (TPSA) is 80.0 Å². The van der Waals surface area contributed by atoms with Gasteiger partial charge in [0.15, 0.2) is 0 Å². The summed E-state index contributed by atoms with van der Waals surface area (Å²) in [6, 6.07) is 6.91. The molecule has 6 nitrogen and oxygen atoms in total. The molecule has 0 saturated heterocycles. The van der Waals surface area contributed by atoms with Crippen LogP contribution in [0.5, 0.6) is 0 Å². The molecule has 0 spiro atoms. The molecule has 2 rings (SSSR count). The number of nitrogens with one attached hydrogen (secondary N) is 2. The number of halogens is 1. The quantitative estimate of drug-likeness (QED) is 0.890. The Morgan fingerprint density at radius 2 is 2.19 bits per heavy atom. The van der Waals surface area contributed by atoms with Crippen LogP contribution in [0.3, 0.4) is 0 Å². The van der Waals surface area contributed by atoms with Crippen molar-refractivity contribution in [1.82, 2.24) is 20.8 Å². The Balaban J connectivity index is 1.90. The maximum absolute atomic E-state index is 11.5. The van der Waals surface area contributed by atoms with Crippen molar-refractivity contribution >= 4 is 17.6 Å². The molecule has 1 heterocycles. The van der Waals surface area contributed by atoms with Gasteiger partial charge in [-0.25, -0.2) is 4.79 Å². The highest BCUT2D eigenvalue weighted by atomic mass is 35.5. The number of nitrogens with zero attached hydrogens (tertiary/aromatic N) is 2. The SMILES string of the molecule is CC(C)CNC(=O)NCc1nc(-c2cccc(Cl)c2)no1. The van der Waals surface area contributed by atoms with Crippen LogP contribution in [-0.4, -0.2) is 22.7 Å². The molecule has 0 unspecified atom stereocenters. The lowest BCUT2D eigenvalue weighted by molar-refractivity contribution is 0.237. The highest BCUT2D eigenvalue weighted by Crippen LogP contribution is 2.19. The zero-order valence-electron chi connectivity index (χ0n) is 11.9. The maximum atomic E-state index is 11.5. The summed E-state index contributed by atoms with van der Waals surface area (Å²) in [4.78, 5) is 15.7. The molecule has 112 valence electrons. The fourth-order valence-corrected chi connectivity index (χ4v) is 1.78. The number of aromatic nitrogens is 2. The lowest BCUT2D eigenvalue weighted by Gasteiger charge is -2.07. The first-order valence-electron chi connectivity index (χ1n) is 6.65. The van der Waals surface area contributed by atoms with Crippen molar-refractivity contribution < 1.29 is 9.32 Å². The van der Waals surface area contributed by atoms with E-state index in [2.05, 4.69) is 20.8 Å². The van der Waals surface area contributed by atoms with E-state index < -0.39 is 0 Å². The predicted octanol–water partition coefficient (Wildman–Crippen LogP) is 2.85. The van der Waals surface area contributed by atoms with Crippen molar-refractivity contribution in [1.29, 1.82) is 0 Å². The van der Waals surface area contributed by atoms with E-state index >= 15 is 0 Å². The molecule has 0 bridgehead atoms. The fourth-order valence-electron chi connectivity index (χ4n) is 1.59. The van der Waals surface area contributed by atoms with Crippen LogP contribution in [-0.2, 0) is 6.54 Å². The van der Waals surface area contributed by atoms with E-state index in [1.165, 1.54) is 0 Å². The standard InChI is InChI=1S/C14H17ClN4O2/c1-9(2)7-16-14(20)17-8-12-18-13(19-21-12)10-4-3-5-11(15)6-10/h3-6,9H,7-8H2,1-2H3,(H2,16,17,20). The zero-order chi connectivity index (χ0) is 15.2. The van der Waals surface area contributed by atoms with Gasteiger partial charge in [-0.2, -0.15) is 4.98 Å². The van der Waals surface area contributed by atoms with Crippen LogP contribution in [0.2, 0.25) is 5.02 Å². The Labute approximate surface area is 127 Å². The molecule has 0 saturated carbocycles. The van der Waals surface area contributed by atoms with Crippen LogP contribution in [0.15, 0.2) is 28.8 Å². The third kappa shape index (κ3) is 4.75. The molecule has 0 atom stereocenters. The molecule has 0 fully saturated rings. The minimum absolute atomic E-state index is 0.178. The largest absolute Gasteiger partial charge is 0.338 e. The summed E-state index contributed by atoms with van der Waals surface area (Å²) in [5.41, 5.74) is 0.766. The lowest BCUT2D eigenvalue weighted by Crippen LogP contribution is -2.37. The summed E-state index contributed by atoms with van der Waals surface area (Å²) in [5, 5.41) is 9.86. The van der Waals surface area contributed by atoms with Crippen molar-refractivity contribution in [2.45, 2.75) is 20.4 Å². The van der Waals surface area contributed by atoms with Crippen molar-refractivity contribution in [2.75, 3.05) is 6.54 Å². The van der Waals surface area contributed by atoms with Gasteiger partial charge in [-0.15, -0.1) is 0 Å². The summed E-state index contributed by atoms with van der Waals surface area (Å²) in [7, 11) is 0. The number of rotatable bonds is 5. The van der Waals surface area contributed by atoms with Gasteiger partial charge < -0.3 is 15.2 Å². The minimum Gasteiger partial charge on any atom is -0.338 e. The lowest BCUT2D eigenvalue weighted by atomic mass is 10.2. The van der Waals surface area contributed by atoms with Gasteiger partial charge in [0.25, 0.3) is 0 Å². The molecule has 0 aliphatic carbocycles. The fraction of sp³-hybridized carbons (Fsp3) is 0.357. The molecule has 21 heavy (non-hydrogen) atoms. The molecule has 1 aromatic heterocycles. The van der Waals surface area contributed by atoms with Crippen LogP contribution in [0, 0.1) is 5.92 Å². The monoisotopic (exact) mass is 308 g/mol. The zero-order valence-corrected chi connectivity index (χ0v) is 12.6. The molecule has 7 heteroatoms. The Kier molecular flexibility index (Phi) is 5.16. The Morgan fingerprint density at radius 1 is 1.38 bits per heavy atom. The van der Waals surface area contributed by atoms with Crippen LogP contribution in [0.4, 0.5) is 4.79 Å². The average Bonchev–Trinajstić information content (AvgIpc) is 2.92. The third-order valence-corrected chi connectivity index (χ3v) is 2.86. The molecule has 0 radical (unpaired) electrons. The van der Waals surface area contributed by atoms with Gasteiger partial charge in [0.05, 0.1) is 6.54 Å². The molecule has 0 aliphatic heterocycles. The molecule has 2 aromatic rings. The van der Waals surface area contributed by atoms with Gasteiger partial charge in [0, 0.05) is 17.1 Å². The maximum Gasteiger partial charge on any atom is 0.315 e. The van der Waals surface area contributed by atoms with E-state index in [9.17, 15) is 4.79 Å². The molecule has 1 aromatic carbocycles. The van der Waals surface area contributed by atoms with Gasteiger partial charge >= 0.3 is 6.03 Å². The molecule has 2 N–H and O–H groups in total. The molecule has 0 aliphatic rings. The van der Waals surface area contributed by atoms with Gasteiger partial charge in [-0.1, -0.05) is 42.7 Å². The van der Waals surface area contributed by atoms with Gasteiger partial charge in [0.1, 0.15) is 0 Å². The number of benzene rings is 1. The van der Waals surface area contributed by atoms with Gasteiger partial charge in [-0.3, -0.25) is 0 Å². The van der Waals surface area contributed by atoms with Crippen molar-refractivity contribution in [3.63, 3.8) is 0 Å². The minimum atomic E-state index is -0.258. The number of carbonyl (C=O) groups is 1. The number of carbonyl (C=O) groups excluding carboxylic acids is 1. The number of hydrogen-bond acceptors (Lipinski definition) is 4. The van der Waals surface area contributed by atoms with Crippen molar-refractivity contribution in [2.24, 2.45) is 5.92 Å². The summed E-state index contributed by atoms with van der Waals surface area (Å²) in [5.74, 6) is 1.18. The predicted molar refractivity (Wildman–Crippen MR) is 79.8 cm³/mol. The highest BCUT2D eigenvalue weighted by Gasteiger charge is 2.10. The number of amides is 2. The number of hydrogen-bond donors (Lipinski definition) is 2. The summed E-state index contributed by atoms with van der Waals surface area (Å²) in [6.45, 7) is 4.84. The van der Waals surface area contributed by atoms with Crippen LogP contribution in [0.25, 0.3) is 11.4 Å². The van der Waals surface area contributed by atoms with Gasteiger partial charge in [0.2, 0.25) is 11.7 Å². The van der Waals surface area contributed by atoms with Gasteiger partial charge in [-0.05, 0) is 18.1 Å². The Morgan fingerprint density at radius 3 is 2.90 bits per heavy atom. The number of urea groups is 1. The second kappa shape index (κ2) is 7.08. The molecular formula is C14H17ClN4O2. The summed E-state index contributed by atoms with van der Waals surface area (Å²) >= 11 is 5.91.